The van der Waals surface area contributed by atoms with Crippen LogP contribution in [0.4, 0.5) is 0 Å². The Hall–Kier alpha value is -0.700. The Labute approximate surface area is 108 Å². The lowest BCUT2D eigenvalue weighted by Gasteiger charge is -2.14. The van der Waals surface area contributed by atoms with E-state index in [1.165, 1.54) is 6.92 Å². The zero-order valence-electron chi connectivity index (χ0n) is 10.8. The second-order valence-corrected chi connectivity index (χ2v) is 5.66. The van der Waals surface area contributed by atoms with Crippen LogP contribution in [0.5, 0.6) is 0 Å². The predicted octanol–water partition coefficient (Wildman–Crippen LogP) is -1.17. The van der Waals surface area contributed by atoms with E-state index < -0.39 is 22.0 Å². The van der Waals surface area contributed by atoms with Crippen LogP contribution >= 0.6 is 0 Å². The fourth-order valence-corrected chi connectivity index (χ4v) is 2.52. The minimum Gasteiger partial charge on any atom is -0.394 e. The quantitative estimate of drug-likeness (QED) is 0.438. The summed E-state index contributed by atoms with van der Waals surface area (Å²) < 4.78 is 30.1. The van der Waals surface area contributed by atoms with Crippen LogP contribution < -0.4 is 10.0 Å². The van der Waals surface area contributed by atoms with E-state index in [-0.39, 0.29) is 32.1 Å². The first-order valence-electron chi connectivity index (χ1n) is 5.89. The fraction of sp³-hybridized carbons (Fsp3) is 0.900. The van der Waals surface area contributed by atoms with Gasteiger partial charge in [0.15, 0.2) is 0 Å². The Bertz CT molecular complexity index is 331. The van der Waals surface area contributed by atoms with Gasteiger partial charge in [0.1, 0.15) is 0 Å². The van der Waals surface area contributed by atoms with Crippen molar-refractivity contribution < 1.29 is 23.1 Å². The number of sulfonamides is 1. The molecule has 0 radical (unpaired) electrons. The molecule has 0 aromatic carbocycles. The van der Waals surface area contributed by atoms with Gasteiger partial charge < -0.3 is 15.2 Å². The van der Waals surface area contributed by atoms with Crippen molar-refractivity contribution in [2.75, 3.05) is 32.1 Å². The van der Waals surface area contributed by atoms with Crippen LogP contribution in [0.2, 0.25) is 0 Å². The Morgan fingerprint density at radius 1 is 1.39 bits per heavy atom. The SMILES string of the molecule is CCCS(=O)(=O)NC(C)C(=O)NCCOCCO. The number of aliphatic hydroxyl groups excluding tert-OH is 1. The second-order valence-electron chi connectivity index (χ2n) is 3.79. The molecular weight excluding hydrogens is 260 g/mol. The molecule has 0 saturated heterocycles. The molecule has 0 bridgehead atoms. The molecule has 0 aromatic rings. The molecule has 0 heterocycles. The predicted molar refractivity (Wildman–Crippen MR) is 67.6 cm³/mol. The summed E-state index contributed by atoms with van der Waals surface area (Å²) in [5, 5.41) is 11.0. The first kappa shape index (κ1) is 17.3. The van der Waals surface area contributed by atoms with E-state index in [0.717, 1.165) is 0 Å². The van der Waals surface area contributed by atoms with E-state index in [9.17, 15) is 13.2 Å². The summed E-state index contributed by atoms with van der Waals surface area (Å²) in [4.78, 5) is 11.5. The highest BCUT2D eigenvalue weighted by atomic mass is 32.2. The number of nitrogens with one attached hydrogen (secondary N) is 2. The molecule has 0 aliphatic heterocycles. The van der Waals surface area contributed by atoms with Gasteiger partial charge in [-0.15, -0.1) is 0 Å². The van der Waals surface area contributed by atoms with Crippen LogP contribution in [0.1, 0.15) is 20.3 Å². The van der Waals surface area contributed by atoms with Crippen molar-refractivity contribution in [3.63, 3.8) is 0 Å². The highest BCUT2D eigenvalue weighted by Crippen LogP contribution is 1.92. The molecule has 108 valence electrons. The smallest absolute Gasteiger partial charge is 0.237 e. The molecule has 7 nitrogen and oxygen atoms in total. The van der Waals surface area contributed by atoms with Crippen molar-refractivity contribution in [3.05, 3.63) is 0 Å². The number of carbonyl (C=O) groups excluding carboxylic acids is 1. The third kappa shape index (κ3) is 8.40. The maximum absolute atomic E-state index is 11.5. The van der Waals surface area contributed by atoms with E-state index in [0.29, 0.717) is 6.42 Å². The van der Waals surface area contributed by atoms with E-state index in [1.807, 2.05) is 0 Å². The lowest BCUT2D eigenvalue weighted by Crippen LogP contribution is -2.46. The first-order chi connectivity index (χ1) is 8.43. The van der Waals surface area contributed by atoms with Crippen LogP contribution in [-0.2, 0) is 19.6 Å². The second kappa shape index (κ2) is 9.26. The summed E-state index contributed by atoms with van der Waals surface area (Å²) in [5.41, 5.74) is 0. The van der Waals surface area contributed by atoms with Crippen molar-refractivity contribution in [2.24, 2.45) is 0 Å². The molecular formula is C10H22N2O5S. The molecule has 8 heteroatoms. The number of aliphatic hydroxyl groups is 1. The van der Waals surface area contributed by atoms with Crippen molar-refractivity contribution in [2.45, 2.75) is 26.3 Å². The molecule has 0 aliphatic rings. The number of carbonyl (C=O) groups is 1. The number of hydrogen-bond acceptors (Lipinski definition) is 5. The van der Waals surface area contributed by atoms with Crippen molar-refractivity contribution in [1.29, 1.82) is 0 Å². The van der Waals surface area contributed by atoms with Crippen molar-refractivity contribution in [3.8, 4) is 0 Å². The molecule has 0 aromatic heterocycles. The van der Waals surface area contributed by atoms with Crippen molar-refractivity contribution in [1.82, 2.24) is 10.0 Å². The Kier molecular flexibility index (Phi) is 8.90. The summed E-state index contributed by atoms with van der Waals surface area (Å²) >= 11 is 0. The van der Waals surface area contributed by atoms with E-state index in [1.54, 1.807) is 6.92 Å². The van der Waals surface area contributed by atoms with E-state index in [2.05, 4.69) is 10.0 Å². The summed E-state index contributed by atoms with van der Waals surface area (Å²) in [5.74, 6) is -0.396. The van der Waals surface area contributed by atoms with Gasteiger partial charge in [0.2, 0.25) is 15.9 Å². The molecule has 0 rings (SSSR count). The van der Waals surface area contributed by atoms with Gasteiger partial charge in [-0.2, -0.15) is 0 Å². The lowest BCUT2D eigenvalue weighted by molar-refractivity contribution is -0.122. The number of rotatable bonds is 10. The Morgan fingerprint density at radius 3 is 2.61 bits per heavy atom. The normalized spacial score (nSPS) is 13.3. The Morgan fingerprint density at radius 2 is 2.06 bits per heavy atom. The molecule has 0 fully saturated rings. The van der Waals surface area contributed by atoms with Gasteiger partial charge in [0, 0.05) is 6.54 Å². The van der Waals surface area contributed by atoms with Crippen LogP contribution in [0.15, 0.2) is 0 Å². The zero-order valence-corrected chi connectivity index (χ0v) is 11.6. The van der Waals surface area contributed by atoms with Gasteiger partial charge in [0.25, 0.3) is 0 Å². The number of hydrogen-bond donors (Lipinski definition) is 3. The third-order valence-corrected chi connectivity index (χ3v) is 3.66. The Balaban J connectivity index is 3.89. The van der Waals surface area contributed by atoms with Crippen LogP contribution in [0.3, 0.4) is 0 Å². The molecule has 1 amide bonds. The minimum atomic E-state index is -3.39. The molecule has 0 spiro atoms. The molecule has 1 atom stereocenters. The summed E-state index contributed by atoms with van der Waals surface area (Å²) in [7, 11) is -3.39. The average Bonchev–Trinajstić information content (AvgIpc) is 2.27. The maximum Gasteiger partial charge on any atom is 0.237 e. The average molecular weight is 282 g/mol. The van der Waals surface area contributed by atoms with Gasteiger partial charge in [-0.25, -0.2) is 13.1 Å². The monoisotopic (exact) mass is 282 g/mol. The third-order valence-electron chi connectivity index (χ3n) is 2.00. The van der Waals surface area contributed by atoms with Crippen LogP contribution in [0, 0.1) is 0 Å². The number of amides is 1. The molecule has 1 unspecified atom stereocenters. The van der Waals surface area contributed by atoms with Crippen LogP contribution in [-0.4, -0.2) is 57.6 Å². The first-order valence-corrected chi connectivity index (χ1v) is 7.54. The van der Waals surface area contributed by atoms with Gasteiger partial charge in [0.05, 0.1) is 31.6 Å². The minimum absolute atomic E-state index is 0.00420. The van der Waals surface area contributed by atoms with Gasteiger partial charge >= 0.3 is 0 Å². The fourth-order valence-electron chi connectivity index (χ4n) is 1.22. The molecule has 3 N–H and O–H groups in total. The molecule has 18 heavy (non-hydrogen) atoms. The van der Waals surface area contributed by atoms with Gasteiger partial charge in [-0.1, -0.05) is 6.92 Å². The topological polar surface area (TPSA) is 105 Å². The standard InChI is InChI=1S/C10H22N2O5S/c1-3-8-18(15,16)12-9(2)10(14)11-4-6-17-7-5-13/h9,12-13H,3-8H2,1-2H3,(H,11,14). The molecule has 0 aliphatic carbocycles. The van der Waals surface area contributed by atoms with Gasteiger partial charge in [-0.3, -0.25) is 4.79 Å². The van der Waals surface area contributed by atoms with E-state index in [4.69, 9.17) is 9.84 Å². The summed E-state index contributed by atoms with van der Waals surface area (Å²) in [6, 6.07) is -0.806. The summed E-state index contributed by atoms with van der Waals surface area (Å²) in [6.45, 7) is 3.94. The summed E-state index contributed by atoms with van der Waals surface area (Å²) in [6.07, 6.45) is 0.499. The van der Waals surface area contributed by atoms with Crippen LogP contribution in [0.25, 0.3) is 0 Å². The molecule has 0 saturated carbocycles. The number of ether oxygens (including phenoxy) is 1. The zero-order chi connectivity index (χ0) is 14.0. The highest BCUT2D eigenvalue weighted by Gasteiger charge is 2.18. The van der Waals surface area contributed by atoms with E-state index >= 15 is 0 Å². The van der Waals surface area contributed by atoms with Gasteiger partial charge in [-0.05, 0) is 13.3 Å². The largest absolute Gasteiger partial charge is 0.394 e. The van der Waals surface area contributed by atoms with Crippen molar-refractivity contribution >= 4 is 15.9 Å². The highest BCUT2D eigenvalue weighted by molar-refractivity contribution is 7.89. The lowest BCUT2D eigenvalue weighted by atomic mass is 10.3. The maximum atomic E-state index is 11.5.